The van der Waals surface area contributed by atoms with Crippen LogP contribution in [0.3, 0.4) is 0 Å². The van der Waals surface area contributed by atoms with Crippen LogP contribution in [0.4, 0.5) is 17.1 Å². The minimum Gasteiger partial charge on any atom is -0.310 e. The Kier molecular flexibility index (Phi) is 6.44. The van der Waals surface area contributed by atoms with Crippen LogP contribution in [0.25, 0.3) is 0 Å². The van der Waals surface area contributed by atoms with Crippen LogP contribution in [0.15, 0.2) is 69.6 Å². The normalized spacial score (nSPS) is 12.1. The van der Waals surface area contributed by atoms with Crippen LogP contribution in [-0.4, -0.2) is 0 Å². The van der Waals surface area contributed by atoms with Crippen molar-refractivity contribution in [2.24, 2.45) is 0 Å². The quantitative estimate of drug-likeness (QED) is 0.348. The Labute approximate surface area is 179 Å². The maximum Gasteiger partial charge on any atom is 0.0465 e. The number of anilines is 3. The highest BCUT2D eigenvalue weighted by Crippen LogP contribution is 2.38. The molecule has 3 rings (SSSR count). The number of rotatable bonds is 5. The average molecular weight is 487 g/mol. The van der Waals surface area contributed by atoms with Gasteiger partial charge in [0.1, 0.15) is 0 Å². The average Bonchev–Trinajstić information content (AvgIpc) is 2.67. The van der Waals surface area contributed by atoms with E-state index in [1.54, 1.807) is 0 Å². The number of aryl methyl sites for hydroxylation is 2. The SMILES string of the molecule is CCC(C)c1ccc(N(c2ccc(Br)c(C)c2)c2ccc(Br)c(C)c2)cc1. The van der Waals surface area contributed by atoms with Gasteiger partial charge in [0.2, 0.25) is 0 Å². The molecule has 1 nitrogen and oxygen atoms in total. The summed E-state index contributed by atoms with van der Waals surface area (Å²) in [4.78, 5) is 2.32. The maximum absolute atomic E-state index is 3.62. The Hall–Kier alpha value is -1.58. The number of nitrogens with zero attached hydrogens (tertiary/aromatic N) is 1. The van der Waals surface area contributed by atoms with Crippen molar-refractivity contribution >= 4 is 48.9 Å². The summed E-state index contributed by atoms with van der Waals surface area (Å²) in [7, 11) is 0. The van der Waals surface area contributed by atoms with Crippen LogP contribution in [0.5, 0.6) is 0 Å². The summed E-state index contributed by atoms with van der Waals surface area (Å²) in [6.45, 7) is 8.78. The molecular weight excluding hydrogens is 462 g/mol. The first-order valence-electron chi connectivity index (χ1n) is 9.33. The largest absolute Gasteiger partial charge is 0.310 e. The van der Waals surface area contributed by atoms with E-state index in [1.807, 2.05) is 0 Å². The van der Waals surface area contributed by atoms with Gasteiger partial charge in [0.25, 0.3) is 0 Å². The molecule has 0 bridgehead atoms. The summed E-state index contributed by atoms with van der Waals surface area (Å²) in [6, 6.07) is 22.0. The third-order valence-corrected chi connectivity index (χ3v) is 6.91. The molecule has 0 spiro atoms. The van der Waals surface area contributed by atoms with E-state index in [-0.39, 0.29) is 0 Å². The van der Waals surface area contributed by atoms with Crippen molar-refractivity contribution < 1.29 is 0 Å². The van der Waals surface area contributed by atoms with Crippen LogP contribution in [0.2, 0.25) is 0 Å². The van der Waals surface area contributed by atoms with Crippen LogP contribution >= 0.6 is 31.9 Å². The molecule has 0 fully saturated rings. The lowest BCUT2D eigenvalue weighted by Gasteiger charge is -2.27. The van der Waals surface area contributed by atoms with E-state index in [4.69, 9.17) is 0 Å². The monoisotopic (exact) mass is 485 g/mol. The fourth-order valence-corrected chi connectivity index (χ4v) is 3.66. The Morgan fingerprint density at radius 2 is 1.19 bits per heavy atom. The second-order valence-corrected chi connectivity index (χ2v) is 8.81. The first-order valence-corrected chi connectivity index (χ1v) is 10.9. The molecule has 3 aromatic rings. The lowest BCUT2D eigenvalue weighted by molar-refractivity contribution is 0.733. The van der Waals surface area contributed by atoms with Gasteiger partial charge in [-0.25, -0.2) is 0 Å². The number of halogens is 2. The number of hydrogen-bond acceptors (Lipinski definition) is 1. The van der Waals surface area contributed by atoms with E-state index in [9.17, 15) is 0 Å². The number of benzene rings is 3. The van der Waals surface area contributed by atoms with Crippen molar-refractivity contribution in [1.29, 1.82) is 0 Å². The van der Waals surface area contributed by atoms with E-state index in [1.165, 1.54) is 22.4 Å². The van der Waals surface area contributed by atoms with Gasteiger partial charge < -0.3 is 4.90 Å². The molecule has 27 heavy (non-hydrogen) atoms. The lowest BCUT2D eigenvalue weighted by Crippen LogP contribution is -2.10. The molecule has 0 saturated heterocycles. The molecule has 0 heterocycles. The van der Waals surface area contributed by atoms with Crippen LogP contribution < -0.4 is 4.90 Å². The molecule has 0 aliphatic heterocycles. The zero-order valence-corrected chi connectivity index (χ0v) is 19.4. The van der Waals surface area contributed by atoms with Gasteiger partial charge in [-0.3, -0.25) is 0 Å². The van der Waals surface area contributed by atoms with Gasteiger partial charge in [-0.2, -0.15) is 0 Å². The summed E-state index contributed by atoms with van der Waals surface area (Å²) < 4.78 is 2.26. The van der Waals surface area contributed by atoms with Crippen molar-refractivity contribution in [2.75, 3.05) is 4.90 Å². The molecular formula is C24H25Br2N. The Morgan fingerprint density at radius 3 is 1.59 bits per heavy atom. The van der Waals surface area contributed by atoms with Gasteiger partial charge >= 0.3 is 0 Å². The summed E-state index contributed by atoms with van der Waals surface area (Å²) >= 11 is 7.24. The molecule has 0 radical (unpaired) electrons. The zero-order chi connectivity index (χ0) is 19.6. The first kappa shape index (κ1) is 20.2. The minimum absolute atomic E-state index is 0.581. The third kappa shape index (κ3) is 4.47. The fraction of sp³-hybridized carbons (Fsp3) is 0.250. The van der Waals surface area contributed by atoms with Crippen molar-refractivity contribution in [3.8, 4) is 0 Å². The first-order chi connectivity index (χ1) is 12.9. The maximum atomic E-state index is 3.62. The van der Waals surface area contributed by atoms with Crippen molar-refractivity contribution in [3.63, 3.8) is 0 Å². The van der Waals surface area contributed by atoms with E-state index in [2.05, 4.69) is 125 Å². The molecule has 1 unspecified atom stereocenters. The highest BCUT2D eigenvalue weighted by atomic mass is 79.9. The van der Waals surface area contributed by atoms with E-state index < -0.39 is 0 Å². The molecule has 0 aliphatic carbocycles. The van der Waals surface area contributed by atoms with Crippen LogP contribution in [0, 0.1) is 13.8 Å². The predicted molar refractivity (Wildman–Crippen MR) is 125 cm³/mol. The Bertz CT molecular complexity index is 880. The minimum atomic E-state index is 0.581. The van der Waals surface area contributed by atoms with Crippen molar-refractivity contribution in [2.45, 2.75) is 40.0 Å². The molecule has 1 atom stereocenters. The van der Waals surface area contributed by atoms with Crippen LogP contribution in [0.1, 0.15) is 42.9 Å². The van der Waals surface area contributed by atoms with Gasteiger partial charge in [0, 0.05) is 26.0 Å². The Morgan fingerprint density at radius 1 is 0.741 bits per heavy atom. The standard InChI is InChI=1S/C24H25Br2N/c1-5-16(2)19-6-8-20(9-7-19)27(21-10-12-23(25)17(3)14-21)22-11-13-24(26)18(4)15-22/h6-16H,5H2,1-4H3. The van der Waals surface area contributed by atoms with Crippen molar-refractivity contribution in [1.82, 2.24) is 0 Å². The number of hydrogen-bond donors (Lipinski definition) is 0. The molecule has 3 heteroatoms. The third-order valence-electron chi connectivity index (χ3n) is 5.13. The predicted octanol–water partition coefficient (Wildman–Crippen LogP) is 8.81. The van der Waals surface area contributed by atoms with Crippen molar-refractivity contribution in [3.05, 3.63) is 86.3 Å². The second-order valence-electron chi connectivity index (χ2n) is 7.10. The molecule has 0 amide bonds. The summed E-state index contributed by atoms with van der Waals surface area (Å²) in [5.41, 5.74) is 7.33. The Balaban J connectivity index is 2.11. The van der Waals surface area contributed by atoms with Gasteiger partial charge in [0.05, 0.1) is 0 Å². The highest BCUT2D eigenvalue weighted by Gasteiger charge is 2.15. The zero-order valence-electron chi connectivity index (χ0n) is 16.3. The molecule has 0 saturated carbocycles. The molecule has 0 aliphatic rings. The highest BCUT2D eigenvalue weighted by molar-refractivity contribution is 9.10. The van der Waals surface area contributed by atoms with E-state index in [0.29, 0.717) is 5.92 Å². The van der Waals surface area contributed by atoms with E-state index in [0.717, 1.165) is 26.7 Å². The van der Waals surface area contributed by atoms with Gasteiger partial charge in [-0.1, -0.05) is 57.8 Å². The molecule has 140 valence electrons. The summed E-state index contributed by atoms with van der Waals surface area (Å²) in [6.07, 6.45) is 1.15. The smallest absolute Gasteiger partial charge is 0.0465 e. The van der Waals surface area contributed by atoms with Gasteiger partial charge in [0.15, 0.2) is 0 Å². The van der Waals surface area contributed by atoms with Gasteiger partial charge in [-0.05, 0) is 91.4 Å². The fourth-order valence-electron chi connectivity index (χ4n) is 3.17. The van der Waals surface area contributed by atoms with Gasteiger partial charge in [-0.15, -0.1) is 0 Å². The summed E-state index contributed by atoms with van der Waals surface area (Å²) in [5.74, 6) is 0.581. The molecule has 3 aromatic carbocycles. The second kappa shape index (κ2) is 8.62. The summed E-state index contributed by atoms with van der Waals surface area (Å²) in [5, 5.41) is 0. The lowest BCUT2D eigenvalue weighted by atomic mass is 9.98. The molecule has 0 aromatic heterocycles. The van der Waals surface area contributed by atoms with E-state index >= 15 is 0 Å². The topological polar surface area (TPSA) is 3.24 Å². The van der Waals surface area contributed by atoms with Crippen LogP contribution in [-0.2, 0) is 0 Å². The molecule has 0 N–H and O–H groups in total.